The van der Waals surface area contributed by atoms with Crippen molar-refractivity contribution in [1.82, 2.24) is 5.32 Å². The van der Waals surface area contributed by atoms with Crippen LogP contribution in [0.3, 0.4) is 0 Å². The quantitative estimate of drug-likeness (QED) is 0.686. The Kier molecular flexibility index (Phi) is 8.41. The van der Waals surface area contributed by atoms with Crippen molar-refractivity contribution in [3.05, 3.63) is 0 Å². The van der Waals surface area contributed by atoms with Gasteiger partial charge < -0.3 is 5.32 Å². The lowest BCUT2D eigenvalue weighted by Gasteiger charge is -2.36. The summed E-state index contributed by atoms with van der Waals surface area (Å²) in [6, 6.07) is 0.775. The number of hydrogen-bond donors (Lipinski definition) is 1. The molecule has 2 heteroatoms. The summed E-state index contributed by atoms with van der Waals surface area (Å²) in [6.45, 7) is 10.4. The minimum atomic E-state index is 0.775. The van der Waals surface area contributed by atoms with Gasteiger partial charge in [-0.05, 0) is 43.4 Å². The Morgan fingerprint density at radius 1 is 1.22 bits per heavy atom. The van der Waals surface area contributed by atoms with Gasteiger partial charge in [0, 0.05) is 11.3 Å². The van der Waals surface area contributed by atoms with Crippen LogP contribution in [0.15, 0.2) is 0 Å². The smallest absolute Gasteiger partial charge is 0.0203 e. The Labute approximate surface area is 119 Å². The standard InChI is InChI=1S/C16H33NS/c1-5-8-14-9-10-15(17-7-3)16(11-14)18-12-13(4)6-2/h13-17H,5-12H2,1-4H3. The van der Waals surface area contributed by atoms with Crippen LogP contribution in [0.25, 0.3) is 0 Å². The number of thioether (sulfide) groups is 1. The molecule has 0 aromatic rings. The minimum Gasteiger partial charge on any atom is -0.313 e. The van der Waals surface area contributed by atoms with Crippen molar-refractivity contribution < 1.29 is 0 Å². The summed E-state index contributed by atoms with van der Waals surface area (Å²) < 4.78 is 0. The molecular weight excluding hydrogens is 238 g/mol. The highest BCUT2D eigenvalue weighted by atomic mass is 32.2. The van der Waals surface area contributed by atoms with Crippen molar-refractivity contribution in [3.63, 3.8) is 0 Å². The molecule has 0 aromatic carbocycles. The molecule has 108 valence electrons. The van der Waals surface area contributed by atoms with Crippen LogP contribution in [0, 0.1) is 11.8 Å². The van der Waals surface area contributed by atoms with Gasteiger partial charge in [-0.25, -0.2) is 0 Å². The minimum absolute atomic E-state index is 0.775. The van der Waals surface area contributed by atoms with E-state index in [-0.39, 0.29) is 0 Å². The molecule has 0 spiro atoms. The Balaban J connectivity index is 2.43. The van der Waals surface area contributed by atoms with E-state index < -0.39 is 0 Å². The molecule has 0 saturated heterocycles. The van der Waals surface area contributed by atoms with Gasteiger partial charge in [0.15, 0.2) is 0 Å². The Hall–Kier alpha value is 0.310. The SMILES string of the molecule is CCCC1CCC(NCC)C(SCC(C)CC)C1. The van der Waals surface area contributed by atoms with E-state index in [0.29, 0.717) is 0 Å². The maximum absolute atomic E-state index is 3.72. The van der Waals surface area contributed by atoms with Crippen LogP contribution in [0.1, 0.15) is 66.2 Å². The molecule has 4 atom stereocenters. The average Bonchev–Trinajstić information content (AvgIpc) is 2.39. The lowest BCUT2D eigenvalue weighted by molar-refractivity contribution is 0.289. The number of nitrogens with one attached hydrogen (secondary N) is 1. The summed E-state index contributed by atoms with van der Waals surface area (Å²) in [5, 5.41) is 4.58. The van der Waals surface area contributed by atoms with Crippen LogP contribution in [-0.4, -0.2) is 23.6 Å². The third kappa shape index (κ3) is 5.52. The van der Waals surface area contributed by atoms with Gasteiger partial charge in [-0.15, -0.1) is 0 Å². The zero-order chi connectivity index (χ0) is 13.4. The van der Waals surface area contributed by atoms with Gasteiger partial charge in [0.25, 0.3) is 0 Å². The van der Waals surface area contributed by atoms with E-state index in [1.807, 2.05) is 0 Å². The third-order valence-corrected chi connectivity index (χ3v) is 6.07. The number of hydrogen-bond acceptors (Lipinski definition) is 2. The third-order valence-electron chi connectivity index (χ3n) is 4.36. The van der Waals surface area contributed by atoms with Crippen molar-refractivity contribution >= 4 is 11.8 Å². The zero-order valence-electron chi connectivity index (χ0n) is 12.9. The Morgan fingerprint density at radius 3 is 2.61 bits per heavy atom. The second-order valence-electron chi connectivity index (χ2n) is 6.02. The van der Waals surface area contributed by atoms with Crippen LogP contribution >= 0.6 is 11.8 Å². The second kappa shape index (κ2) is 9.25. The van der Waals surface area contributed by atoms with Crippen LogP contribution in [0.2, 0.25) is 0 Å². The van der Waals surface area contributed by atoms with Crippen LogP contribution in [0.5, 0.6) is 0 Å². The van der Waals surface area contributed by atoms with E-state index in [2.05, 4.69) is 44.8 Å². The van der Waals surface area contributed by atoms with Gasteiger partial charge in [0.1, 0.15) is 0 Å². The maximum atomic E-state index is 3.72. The zero-order valence-corrected chi connectivity index (χ0v) is 13.7. The molecule has 1 aliphatic carbocycles. The fourth-order valence-electron chi connectivity index (χ4n) is 2.97. The summed E-state index contributed by atoms with van der Waals surface area (Å²) in [6.07, 6.45) is 8.43. The van der Waals surface area contributed by atoms with Gasteiger partial charge in [-0.3, -0.25) is 0 Å². The lowest BCUT2D eigenvalue weighted by Crippen LogP contribution is -2.42. The molecule has 0 radical (unpaired) electrons. The first kappa shape index (κ1) is 16.4. The number of rotatable bonds is 8. The molecule has 1 fully saturated rings. The van der Waals surface area contributed by atoms with E-state index in [9.17, 15) is 0 Å². The van der Waals surface area contributed by atoms with Gasteiger partial charge in [0.05, 0.1) is 0 Å². The topological polar surface area (TPSA) is 12.0 Å². The summed E-state index contributed by atoms with van der Waals surface area (Å²) >= 11 is 2.25. The molecule has 18 heavy (non-hydrogen) atoms. The monoisotopic (exact) mass is 271 g/mol. The molecule has 4 unspecified atom stereocenters. The largest absolute Gasteiger partial charge is 0.313 e. The fourth-order valence-corrected chi connectivity index (χ4v) is 4.65. The molecule has 0 bridgehead atoms. The average molecular weight is 272 g/mol. The Morgan fingerprint density at radius 2 is 2.00 bits per heavy atom. The van der Waals surface area contributed by atoms with Crippen molar-refractivity contribution in [2.45, 2.75) is 77.5 Å². The Bertz CT molecular complexity index is 207. The van der Waals surface area contributed by atoms with Crippen molar-refractivity contribution in [3.8, 4) is 0 Å². The van der Waals surface area contributed by atoms with E-state index in [1.54, 1.807) is 0 Å². The molecule has 1 saturated carbocycles. The van der Waals surface area contributed by atoms with Crippen LogP contribution in [-0.2, 0) is 0 Å². The highest BCUT2D eigenvalue weighted by Gasteiger charge is 2.29. The van der Waals surface area contributed by atoms with E-state index in [4.69, 9.17) is 0 Å². The van der Waals surface area contributed by atoms with E-state index in [1.165, 1.54) is 44.3 Å². The van der Waals surface area contributed by atoms with Crippen molar-refractivity contribution in [2.75, 3.05) is 12.3 Å². The highest BCUT2D eigenvalue weighted by Crippen LogP contribution is 2.35. The normalized spacial score (nSPS) is 30.3. The first-order valence-corrected chi connectivity index (χ1v) is 9.11. The molecule has 1 N–H and O–H groups in total. The highest BCUT2D eigenvalue weighted by molar-refractivity contribution is 7.99. The summed E-state index contributed by atoms with van der Waals surface area (Å²) in [5.41, 5.74) is 0. The molecule has 0 aliphatic heterocycles. The van der Waals surface area contributed by atoms with Crippen molar-refractivity contribution in [1.29, 1.82) is 0 Å². The molecule has 0 amide bonds. The molecule has 0 aromatic heterocycles. The molecule has 1 nitrogen and oxygen atoms in total. The van der Waals surface area contributed by atoms with Crippen molar-refractivity contribution in [2.24, 2.45) is 11.8 Å². The van der Waals surface area contributed by atoms with E-state index in [0.717, 1.165) is 29.7 Å². The lowest BCUT2D eigenvalue weighted by atomic mass is 9.83. The first-order valence-electron chi connectivity index (χ1n) is 8.06. The van der Waals surface area contributed by atoms with Gasteiger partial charge in [0.2, 0.25) is 0 Å². The summed E-state index contributed by atoms with van der Waals surface area (Å²) in [5.74, 6) is 3.23. The fraction of sp³-hybridized carbons (Fsp3) is 1.00. The maximum Gasteiger partial charge on any atom is 0.0203 e. The second-order valence-corrected chi connectivity index (χ2v) is 7.29. The first-order chi connectivity index (χ1) is 8.71. The van der Waals surface area contributed by atoms with Crippen LogP contribution in [0.4, 0.5) is 0 Å². The van der Waals surface area contributed by atoms with Crippen LogP contribution < -0.4 is 5.32 Å². The molecular formula is C16H33NS. The van der Waals surface area contributed by atoms with Gasteiger partial charge >= 0.3 is 0 Å². The summed E-state index contributed by atoms with van der Waals surface area (Å²) in [4.78, 5) is 0. The predicted octanol–water partition coefficient (Wildman–Crippen LogP) is 4.71. The van der Waals surface area contributed by atoms with E-state index >= 15 is 0 Å². The van der Waals surface area contributed by atoms with Gasteiger partial charge in [-0.1, -0.05) is 47.0 Å². The van der Waals surface area contributed by atoms with Gasteiger partial charge in [-0.2, -0.15) is 11.8 Å². The molecule has 0 heterocycles. The molecule has 1 rings (SSSR count). The molecule has 1 aliphatic rings. The predicted molar refractivity (Wildman–Crippen MR) is 85.4 cm³/mol. The summed E-state index contributed by atoms with van der Waals surface area (Å²) in [7, 11) is 0.